The van der Waals surface area contributed by atoms with E-state index in [1.165, 1.54) is 29.5 Å². The molecule has 0 radical (unpaired) electrons. The van der Waals surface area contributed by atoms with Gasteiger partial charge in [-0.1, -0.05) is 71.2 Å². The second kappa shape index (κ2) is 12.3. The van der Waals surface area contributed by atoms with Crippen LogP contribution in [-0.4, -0.2) is 0 Å². The minimum absolute atomic E-state index is 1.14. The van der Waals surface area contributed by atoms with E-state index in [4.69, 9.17) is 0 Å². The van der Waals surface area contributed by atoms with Crippen LogP contribution in [0.2, 0.25) is 0 Å². The zero-order valence-electron chi connectivity index (χ0n) is 12.4. The molecule has 1 aromatic carbocycles. The average Bonchev–Trinajstić information content (AvgIpc) is 2.20. The molecule has 0 bridgehead atoms. The molecule has 0 aromatic heterocycles. The molecule has 0 nitrogen and oxygen atoms in total. The molecular formula is C16H30. The van der Waals surface area contributed by atoms with Gasteiger partial charge in [0.1, 0.15) is 0 Å². The van der Waals surface area contributed by atoms with Crippen LogP contribution in [0, 0.1) is 13.8 Å². The van der Waals surface area contributed by atoms with Gasteiger partial charge in [0, 0.05) is 0 Å². The molecule has 0 heteroatoms. The Bertz CT molecular complexity index is 246. The third-order valence-corrected chi connectivity index (χ3v) is 1.88. The first-order chi connectivity index (χ1) is 7.56. The van der Waals surface area contributed by atoms with Crippen molar-refractivity contribution in [3.8, 4) is 0 Å². The van der Waals surface area contributed by atoms with Gasteiger partial charge in [-0.25, -0.2) is 0 Å². The summed E-state index contributed by atoms with van der Waals surface area (Å²) in [5, 5.41) is 0. The molecule has 0 unspecified atom stereocenters. The molecule has 0 amide bonds. The van der Waals surface area contributed by atoms with Crippen molar-refractivity contribution < 1.29 is 0 Å². The van der Waals surface area contributed by atoms with Crippen molar-refractivity contribution in [2.24, 2.45) is 0 Å². The monoisotopic (exact) mass is 222 g/mol. The molecule has 0 saturated heterocycles. The molecule has 94 valence electrons. The summed E-state index contributed by atoms with van der Waals surface area (Å²) >= 11 is 0. The van der Waals surface area contributed by atoms with E-state index in [2.05, 4.69) is 66.7 Å². The van der Waals surface area contributed by atoms with E-state index in [0.29, 0.717) is 0 Å². The predicted octanol–water partition coefficient (Wildman–Crippen LogP) is 5.70. The molecule has 0 spiro atoms. The predicted molar refractivity (Wildman–Crippen MR) is 77.2 cm³/mol. The van der Waals surface area contributed by atoms with E-state index in [0.717, 1.165) is 6.42 Å². The van der Waals surface area contributed by atoms with Crippen molar-refractivity contribution in [2.45, 2.75) is 67.7 Å². The van der Waals surface area contributed by atoms with Gasteiger partial charge >= 0.3 is 0 Å². The van der Waals surface area contributed by atoms with Crippen molar-refractivity contribution >= 4 is 0 Å². The van der Waals surface area contributed by atoms with Crippen LogP contribution in [0.15, 0.2) is 18.2 Å². The van der Waals surface area contributed by atoms with Gasteiger partial charge in [-0.15, -0.1) is 0 Å². The number of hydrogen-bond acceptors (Lipinski definition) is 0. The van der Waals surface area contributed by atoms with Crippen molar-refractivity contribution in [1.82, 2.24) is 0 Å². The Balaban J connectivity index is 0. The Morgan fingerprint density at radius 2 is 1.25 bits per heavy atom. The molecule has 0 atom stereocenters. The van der Waals surface area contributed by atoms with Gasteiger partial charge in [-0.3, -0.25) is 0 Å². The topological polar surface area (TPSA) is 0 Å². The maximum Gasteiger partial charge on any atom is -0.0305 e. The molecule has 16 heavy (non-hydrogen) atoms. The molecule has 0 saturated carbocycles. The van der Waals surface area contributed by atoms with Gasteiger partial charge in [0.2, 0.25) is 0 Å². The van der Waals surface area contributed by atoms with Crippen LogP contribution < -0.4 is 0 Å². The molecule has 1 aromatic rings. The van der Waals surface area contributed by atoms with Gasteiger partial charge in [0.25, 0.3) is 0 Å². The first-order valence-electron chi connectivity index (χ1n) is 6.63. The van der Waals surface area contributed by atoms with Gasteiger partial charge in [0.15, 0.2) is 0 Å². The Labute approximate surface area is 103 Å². The molecular weight excluding hydrogens is 192 g/mol. The summed E-state index contributed by atoms with van der Waals surface area (Å²) in [6.45, 7) is 15.0. The lowest BCUT2D eigenvalue weighted by molar-refractivity contribution is 1.09. The molecule has 0 heterocycles. The largest absolute Gasteiger partial charge is 0.0656 e. The summed E-state index contributed by atoms with van der Waals surface area (Å²) in [7, 11) is 0. The van der Waals surface area contributed by atoms with Gasteiger partial charge in [-0.2, -0.15) is 0 Å². The highest BCUT2D eigenvalue weighted by Gasteiger charge is 1.93. The molecule has 1 rings (SSSR count). The molecule has 0 N–H and O–H groups in total. The Morgan fingerprint density at radius 1 is 0.812 bits per heavy atom. The molecule has 0 aliphatic heterocycles. The highest BCUT2D eigenvalue weighted by Crippen LogP contribution is 2.10. The van der Waals surface area contributed by atoms with Gasteiger partial charge in [-0.05, 0) is 31.4 Å². The van der Waals surface area contributed by atoms with Crippen LogP contribution in [-0.2, 0) is 6.42 Å². The quantitative estimate of drug-likeness (QED) is 0.572. The van der Waals surface area contributed by atoms with E-state index in [1.807, 2.05) is 0 Å². The average molecular weight is 222 g/mol. The third kappa shape index (κ3) is 9.76. The second-order valence-electron chi connectivity index (χ2n) is 4.20. The summed E-state index contributed by atoms with van der Waals surface area (Å²) in [4.78, 5) is 0. The highest BCUT2D eigenvalue weighted by atomic mass is 14.0. The normalized spacial score (nSPS) is 8.44. The van der Waals surface area contributed by atoms with E-state index in [1.54, 1.807) is 0 Å². The first kappa shape index (κ1) is 17.6. The second-order valence-corrected chi connectivity index (χ2v) is 4.20. The smallest absolute Gasteiger partial charge is 0.0305 e. The minimum Gasteiger partial charge on any atom is -0.0656 e. The van der Waals surface area contributed by atoms with Crippen molar-refractivity contribution in [3.63, 3.8) is 0 Å². The lowest BCUT2D eigenvalue weighted by atomic mass is 10.0. The van der Waals surface area contributed by atoms with Gasteiger partial charge in [0.05, 0.1) is 0 Å². The van der Waals surface area contributed by atoms with Crippen LogP contribution >= 0.6 is 0 Å². The summed E-state index contributed by atoms with van der Waals surface area (Å²) in [5.74, 6) is 0. The van der Waals surface area contributed by atoms with E-state index in [-0.39, 0.29) is 0 Å². The first-order valence-corrected chi connectivity index (χ1v) is 6.63. The number of hydrogen-bond donors (Lipinski definition) is 0. The van der Waals surface area contributed by atoms with E-state index < -0.39 is 0 Å². The standard InChI is InChI=1S/C10H14.2C3H8/c1-4-10-6-5-8(2)7-9(10)3;2*1-3-2/h5-7H,4H2,1-3H3;2*3H2,1-2H3. The summed E-state index contributed by atoms with van der Waals surface area (Å²) < 4.78 is 0. The molecule has 0 aliphatic rings. The van der Waals surface area contributed by atoms with Crippen LogP contribution in [0.25, 0.3) is 0 Å². The summed E-state index contributed by atoms with van der Waals surface area (Å²) in [6.07, 6.45) is 3.64. The minimum atomic E-state index is 1.14. The van der Waals surface area contributed by atoms with Crippen LogP contribution in [0.1, 0.15) is 64.2 Å². The lowest BCUT2D eigenvalue weighted by Gasteiger charge is -2.02. The number of rotatable bonds is 1. The van der Waals surface area contributed by atoms with E-state index in [9.17, 15) is 0 Å². The maximum absolute atomic E-state index is 2.23. The highest BCUT2D eigenvalue weighted by molar-refractivity contribution is 5.30. The summed E-state index contributed by atoms with van der Waals surface area (Å²) in [6, 6.07) is 6.62. The zero-order chi connectivity index (χ0) is 13.0. The van der Waals surface area contributed by atoms with Crippen molar-refractivity contribution in [3.05, 3.63) is 34.9 Å². The molecule has 0 aliphatic carbocycles. The Hall–Kier alpha value is -0.780. The van der Waals surface area contributed by atoms with Crippen molar-refractivity contribution in [1.29, 1.82) is 0 Å². The lowest BCUT2D eigenvalue weighted by Crippen LogP contribution is -1.85. The van der Waals surface area contributed by atoms with Crippen LogP contribution in [0.3, 0.4) is 0 Å². The Morgan fingerprint density at radius 3 is 1.56 bits per heavy atom. The third-order valence-electron chi connectivity index (χ3n) is 1.88. The maximum atomic E-state index is 2.23. The number of benzene rings is 1. The van der Waals surface area contributed by atoms with Crippen LogP contribution in [0.5, 0.6) is 0 Å². The SMILES string of the molecule is CCC.CCC.CCc1ccc(C)cc1C. The fraction of sp³-hybridized carbons (Fsp3) is 0.625. The summed E-state index contributed by atoms with van der Waals surface area (Å²) in [5.41, 5.74) is 4.24. The van der Waals surface area contributed by atoms with Gasteiger partial charge < -0.3 is 0 Å². The van der Waals surface area contributed by atoms with E-state index >= 15 is 0 Å². The Kier molecular flexibility index (Phi) is 13.5. The molecule has 0 fully saturated rings. The van der Waals surface area contributed by atoms with Crippen LogP contribution in [0.4, 0.5) is 0 Å². The fourth-order valence-electron chi connectivity index (χ4n) is 1.24. The zero-order valence-corrected chi connectivity index (χ0v) is 12.4. The van der Waals surface area contributed by atoms with Crippen molar-refractivity contribution in [2.75, 3.05) is 0 Å². The fourth-order valence-corrected chi connectivity index (χ4v) is 1.24. The number of aryl methyl sites for hydroxylation is 3.